The predicted molar refractivity (Wildman–Crippen MR) is 76.7 cm³/mol. The van der Waals surface area contributed by atoms with Gasteiger partial charge in [0, 0.05) is 13.1 Å². The van der Waals surface area contributed by atoms with Crippen LogP contribution in [0, 0.1) is 6.92 Å². The zero-order chi connectivity index (χ0) is 14.3. The molecule has 0 spiro atoms. The summed E-state index contributed by atoms with van der Waals surface area (Å²) < 4.78 is 5.54. The number of anilines is 1. The lowest BCUT2D eigenvalue weighted by atomic mass is 10.2. The number of aromatic nitrogens is 2. The molecule has 1 aliphatic rings. The first kappa shape index (κ1) is 13.3. The number of morpholine rings is 1. The highest BCUT2D eigenvalue weighted by atomic mass is 32.1. The number of nitrogens with zero attached hydrogens (tertiary/aromatic N) is 3. The average molecular weight is 293 g/mol. The number of aryl methyl sites for hydroxylation is 1. The molecule has 3 heterocycles. The van der Waals surface area contributed by atoms with Gasteiger partial charge in [-0.3, -0.25) is 0 Å². The molecule has 2 aromatic rings. The Morgan fingerprint density at radius 3 is 3.05 bits per heavy atom. The van der Waals surface area contributed by atoms with Crippen LogP contribution in [-0.2, 0) is 4.74 Å². The normalized spacial score (nSPS) is 19.5. The van der Waals surface area contributed by atoms with E-state index in [2.05, 4.69) is 14.9 Å². The van der Waals surface area contributed by atoms with Crippen molar-refractivity contribution in [3.63, 3.8) is 0 Å². The van der Waals surface area contributed by atoms with Crippen molar-refractivity contribution in [2.75, 3.05) is 24.6 Å². The van der Waals surface area contributed by atoms with Crippen LogP contribution in [0.2, 0.25) is 0 Å². The highest BCUT2D eigenvalue weighted by molar-refractivity contribution is 7.20. The molecule has 0 aliphatic carbocycles. The van der Waals surface area contributed by atoms with E-state index in [1.165, 1.54) is 17.7 Å². The number of carboxylic acid groups (broad SMARTS) is 1. The quantitative estimate of drug-likeness (QED) is 0.911. The Balaban J connectivity index is 2.13. The number of hydrogen-bond donors (Lipinski definition) is 1. The zero-order valence-electron chi connectivity index (χ0n) is 11.3. The predicted octanol–water partition coefficient (Wildman–Crippen LogP) is 1.92. The summed E-state index contributed by atoms with van der Waals surface area (Å²) >= 11 is 1.20. The first-order chi connectivity index (χ1) is 9.58. The molecular weight excluding hydrogens is 278 g/mol. The van der Waals surface area contributed by atoms with Gasteiger partial charge in [-0.05, 0) is 19.4 Å². The fourth-order valence-electron chi connectivity index (χ4n) is 2.51. The van der Waals surface area contributed by atoms with Crippen molar-refractivity contribution in [2.24, 2.45) is 0 Å². The number of fused-ring (bicyclic) bond motifs is 1. The van der Waals surface area contributed by atoms with Gasteiger partial charge in [0.1, 0.15) is 21.9 Å². The summed E-state index contributed by atoms with van der Waals surface area (Å²) in [4.78, 5) is 23.0. The maximum Gasteiger partial charge on any atom is 0.346 e. The molecule has 3 rings (SSSR count). The third-order valence-corrected chi connectivity index (χ3v) is 4.63. The van der Waals surface area contributed by atoms with E-state index >= 15 is 0 Å². The third kappa shape index (κ3) is 2.12. The van der Waals surface area contributed by atoms with Crippen molar-refractivity contribution in [3.8, 4) is 0 Å². The van der Waals surface area contributed by atoms with Gasteiger partial charge in [0.2, 0.25) is 0 Å². The van der Waals surface area contributed by atoms with E-state index in [1.54, 1.807) is 0 Å². The number of rotatable bonds is 2. The smallest absolute Gasteiger partial charge is 0.346 e. The van der Waals surface area contributed by atoms with Gasteiger partial charge in [0.25, 0.3) is 0 Å². The lowest BCUT2D eigenvalue weighted by Gasteiger charge is -2.32. The summed E-state index contributed by atoms with van der Waals surface area (Å²) in [5.74, 6) is -0.0989. The van der Waals surface area contributed by atoms with Crippen LogP contribution in [-0.4, -0.2) is 46.8 Å². The zero-order valence-corrected chi connectivity index (χ0v) is 12.1. The molecular formula is C13H15N3O3S. The highest BCUT2D eigenvalue weighted by Crippen LogP contribution is 2.35. The Hall–Kier alpha value is -1.73. The summed E-state index contributed by atoms with van der Waals surface area (Å²) in [7, 11) is 0. The van der Waals surface area contributed by atoms with Gasteiger partial charge >= 0.3 is 5.97 Å². The van der Waals surface area contributed by atoms with Gasteiger partial charge < -0.3 is 14.7 Å². The van der Waals surface area contributed by atoms with E-state index in [0.717, 1.165) is 34.7 Å². The number of thiophene rings is 1. The summed E-state index contributed by atoms with van der Waals surface area (Å²) in [6.07, 6.45) is 1.64. The highest BCUT2D eigenvalue weighted by Gasteiger charge is 2.24. The topological polar surface area (TPSA) is 75.5 Å². The number of carboxylic acids is 1. The van der Waals surface area contributed by atoms with Gasteiger partial charge in [0.05, 0.1) is 18.1 Å². The lowest BCUT2D eigenvalue weighted by Crippen LogP contribution is -2.41. The van der Waals surface area contributed by atoms with Gasteiger partial charge in [0.15, 0.2) is 0 Å². The Kier molecular flexibility index (Phi) is 3.31. The molecule has 0 aromatic carbocycles. The molecule has 2 aromatic heterocycles. The summed E-state index contributed by atoms with van der Waals surface area (Å²) in [6.45, 7) is 6.01. The SMILES string of the molecule is Cc1c(C(=O)O)sc2ncnc(N3CCOC(C)C3)c12. The molecule has 7 heteroatoms. The molecule has 1 fully saturated rings. The lowest BCUT2D eigenvalue weighted by molar-refractivity contribution is 0.0530. The minimum Gasteiger partial charge on any atom is -0.477 e. The molecule has 0 radical (unpaired) electrons. The molecule has 20 heavy (non-hydrogen) atoms. The van der Waals surface area contributed by atoms with Gasteiger partial charge in [-0.2, -0.15) is 0 Å². The molecule has 1 atom stereocenters. The Morgan fingerprint density at radius 2 is 2.35 bits per heavy atom. The largest absolute Gasteiger partial charge is 0.477 e. The number of ether oxygens (including phenoxy) is 1. The Labute approximate surface area is 120 Å². The minimum absolute atomic E-state index is 0.145. The molecule has 1 unspecified atom stereocenters. The van der Waals surface area contributed by atoms with Gasteiger partial charge in [-0.1, -0.05) is 0 Å². The molecule has 0 saturated carbocycles. The van der Waals surface area contributed by atoms with Crippen LogP contribution in [0.25, 0.3) is 10.2 Å². The third-order valence-electron chi connectivity index (χ3n) is 3.44. The van der Waals surface area contributed by atoms with E-state index < -0.39 is 5.97 Å². The first-order valence-electron chi connectivity index (χ1n) is 6.42. The standard InChI is InChI=1S/C13H15N3O3S/c1-7-5-16(3-4-19-7)11-9-8(2)10(13(17)18)20-12(9)15-6-14-11/h6-7H,3-5H2,1-2H3,(H,17,18). The second-order valence-corrected chi connectivity index (χ2v) is 5.87. The fourth-order valence-corrected chi connectivity index (χ4v) is 3.49. The van der Waals surface area contributed by atoms with Crippen LogP contribution >= 0.6 is 11.3 Å². The molecule has 1 N–H and O–H groups in total. The van der Waals surface area contributed by atoms with Crippen LogP contribution in [0.5, 0.6) is 0 Å². The van der Waals surface area contributed by atoms with E-state index in [-0.39, 0.29) is 6.10 Å². The first-order valence-corrected chi connectivity index (χ1v) is 7.23. The molecule has 6 nitrogen and oxygen atoms in total. The number of aromatic carboxylic acids is 1. The summed E-state index contributed by atoms with van der Waals surface area (Å²) in [5, 5.41) is 10.1. The van der Waals surface area contributed by atoms with Gasteiger partial charge in [-0.25, -0.2) is 14.8 Å². The van der Waals surface area contributed by atoms with Crippen LogP contribution in [0.15, 0.2) is 6.33 Å². The molecule has 0 bridgehead atoms. The monoisotopic (exact) mass is 293 g/mol. The summed E-state index contributed by atoms with van der Waals surface area (Å²) in [5.41, 5.74) is 0.743. The van der Waals surface area contributed by atoms with Crippen molar-refractivity contribution >= 4 is 33.3 Å². The molecule has 0 amide bonds. The second-order valence-electron chi connectivity index (χ2n) is 4.87. The van der Waals surface area contributed by atoms with E-state index in [0.29, 0.717) is 11.5 Å². The van der Waals surface area contributed by atoms with Crippen LogP contribution in [0.1, 0.15) is 22.2 Å². The Bertz CT molecular complexity index is 670. The van der Waals surface area contributed by atoms with Gasteiger partial charge in [-0.15, -0.1) is 11.3 Å². The molecule has 106 valence electrons. The van der Waals surface area contributed by atoms with Crippen molar-refractivity contribution in [2.45, 2.75) is 20.0 Å². The van der Waals surface area contributed by atoms with Crippen LogP contribution in [0.3, 0.4) is 0 Å². The van der Waals surface area contributed by atoms with E-state index in [4.69, 9.17) is 4.74 Å². The number of carbonyl (C=O) groups is 1. The molecule has 1 aliphatic heterocycles. The molecule has 1 saturated heterocycles. The minimum atomic E-state index is -0.910. The fraction of sp³-hybridized carbons (Fsp3) is 0.462. The van der Waals surface area contributed by atoms with E-state index in [1.807, 2.05) is 13.8 Å². The maximum atomic E-state index is 11.3. The van der Waals surface area contributed by atoms with Crippen LogP contribution in [0.4, 0.5) is 5.82 Å². The van der Waals surface area contributed by atoms with Crippen molar-refractivity contribution in [1.29, 1.82) is 0 Å². The van der Waals surface area contributed by atoms with Crippen LogP contribution < -0.4 is 4.90 Å². The summed E-state index contributed by atoms with van der Waals surface area (Å²) in [6, 6.07) is 0. The number of hydrogen-bond acceptors (Lipinski definition) is 6. The second kappa shape index (κ2) is 4.99. The average Bonchev–Trinajstić information content (AvgIpc) is 2.76. The van der Waals surface area contributed by atoms with Crippen molar-refractivity contribution in [1.82, 2.24) is 9.97 Å². The maximum absolute atomic E-state index is 11.3. The van der Waals surface area contributed by atoms with E-state index in [9.17, 15) is 9.90 Å². The van der Waals surface area contributed by atoms with Crippen molar-refractivity contribution in [3.05, 3.63) is 16.8 Å². The van der Waals surface area contributed by atoms with Crippen molar-refractivity contribution < 1.29 is 14.6 Å². The Morgan fingerprint density at radius 1 is 1.55 bits per heavy atom.